The van der Waals surface area contributed by atoms with E-state index in [-0.39, 0.29) is 27.2 Å². The van der Waals surface area contributed by atoms with Crippen molar-refractivity contribution in [3.63, 3.8) is 0 Å². The molecule has 3 rings (SSSR count). The van der Waals surface area contributed by atoms with Crippen LogP contribution in [0.3, 0.4) is 0 Å². The number of hydrogen-bond acceptors (Lipinski definition) is 4. The first-order chi connectivity index (χ1) is 17.5. The number of nitrogens with one attached hydrogen (secondary N) is 1. The zero-order valence-electron chi connectivity index (χ0n) is 20.4. The summed E-state index contributed by atoms with van der Waals surface area (Å²) >= 11 is 18.9. The van der Waals surface area contributed by atoms with Gasteiger partial charge in [-0.25, -0.2) is 8.42 Å². The van der Waals surface area contributed by atoms with Crippen LogP contribution >= 0.6 is 34.8 Å². The van der Waals surface area contributed by atoms with Gasteiger partial charge >= 0.3 is 0 Å². The lowest BCUT2D eigenvalue weighted by Crippen LogP contribution is -2.50. The quantitative estimate of drug-likeness (QED) is 0.370. The SMILES string of the molecule is CNC(=O)[C@@H](C)N(Cc1ccccc1Cl)C(=O)CN(c1cccc(Cl)c1Cl)S(=O)(=O)c1ccc(C)cc1. The van der Waals surface area contributed by atoms with Gasteiger partial charge in [0, 0.05) is 18.6 Å². The van der Waals surface area contributed by atoms with Crippen LogP contribution in [0.2, 0.25) is 15.1 Å². The van der Waals surface area contributed by atoms with Gasteiger partial charge in [0.15, 0.2) is 0 Å². The Hall–Kier alpha value is -2.78. The Balaban J connectivity index is 2.09. The molecule has 3 aromatic carbocycles. The Morgan fingerprint density at radius 1 is 0.919 bits per heavy atom. The summed E-state index contributed by atoms with van der Waals surface area (Å²) in [6.45, 7) is 2.73. The second-order valence-electron chi connectivity index (χ2n) is 8.30. The summed E-state index contributed by atoms with van der Waals surface area (Å²) in [4.78, 5) is 27.5. The topological polar surface area (TPSA) is 86.8 Å². The van der Waals surface area contributed by atoms with Crippen LogP contribution in [-0.4, -0.2) is 44.8 Å². The Morgan fingerprint density at radius 3 is 2.16 bits per heavy atom. The zero-order valence-corrected chi connectivity index (χ0v) is 23.5. The van der Waals surface area contributed by atoms with E-state index in [1.165, 1.54) is 36.2 Å². The number of sulfonamides is 1. The Labute approximate surface area is 232 Å². The highest BCUT2D eigenvalue weighted by molar-refractivity contribution is 7.92. The van der Waals surface area contributed by atoms with Crippen molar-refractivity contribution >= 4 is 62.3 Å². The lowest BCUT2D eigenvalue weighted by Gasteiger charge is -2.32. The standard InChI is InChI=1S/C26H26Cl3N3O4S/c1-17-11-13-20(14-12-17)37(35,36)32(23-10-6-9-22(28)25(23)29)16-24(33)31(18(2)26(34)30-3)15-19-7-4-5-8-21(19)27/h4-14,18H,15-16H2,1-3H3,(H,30,34)/t18-/m1/s1. The van der Waals surface area contributed by atoms with Gasteiger partial charge in [-0.15, -0.1) is 0 Å². The molecule has 0 fully saturated rings. The van der Waals surface area contributed by atoms with Crippen LogP contribution in [0.25, 0.3) is 0 Å². The number of nitrogens with zero attached hydrogens (tertiary/aromatic N) is 2. The number of amides is 2. The van der Waals surface area contributed by atoms with Crippen molar-refractivity contribution in [2.45, 2.75) is 31.3 Å². The van der Waals surface area contributed by atoms with Crippen molar-refractivity contribution in [3.8, 4) is 0 Å². The second-order valence-corrected chi connectivity index (χ2v) is 11.4. The first kappa shape index (κ1) is 28.8. The van der Waals surface area contributed by atoms with E-state index in [0.717, 1.165) is 9.87 Å². The molecule has 0 aliphatic heterocycles. The third-order valence-electron chi connectivity index (χ3n) is 5.80. The number of likely N-dealkylation sites (N-methyl/N-ethyl adjacent to an activating group) is 1. The molecule has 0 saturated heterocycles. The van der Waals surface area contributed by atoms with Gasteiger partial charge in [0.1, 0.15) is 12.6 Å². The Bertz CT molecular complexity index is 1400. The smallest absolute Gasteiger partial charge is 0.264 e. The first-order valence-electron chi connectivity index (χ1n) is 11.2. The molecule has 196 valence electrons. The largest absolute Gasteiger partial charge is 0.357 e. The van der Waals surface area contributed by atoms with Crippen molar-refractivity contribution in [2.75, 3.05) is 17.9 Å². The number of benzene rings is 3. The maximum Gasteiger partial charge on any atom is 0.264 e. The summed E-state index contributed by atoms with van der Waals surface area (Å²) in [5, 5.41) is 3.04. The zero-order chi connectivity index (χ0) is 27.3. The van der Waals surface area contributed by atoms with E-state index in [0.29, 0.717) is 10.6 Å². The molecule has 1 atom stereocenters. The van der Waals surface area contributed by atoms with Gasteiger partial charge in [0.25, 0.3) is 10.0 Å². The summed E-state index contributed by atoms with van der Waals surface area (Å²) < 4.78 is 28.5. The Kier molecular flexibility index (Phi) is 9.47. The summed E-state index contributed by atoms with van der Waals surface area (Å²) in [6.07, 6.45) is 0. The van der Waals surface area contributed by atoms with Crippen LogP contribution in [0.4, 0.5) is 5.69 Å². The molecule has 37 heavy (non-hydrogen) atoms. The van der Waals surface area contributed by atoms with Crippen LogP contribution in [0.5, 0.6) is 0 Å². The predicted octanol–water partition coefficient (Wildman–Crippen LogP) is 5.31. The fourth-order valence-corrected chi connectivity index (χ4v) is 5.71. The second kappa shape index (κ2) is 12.2. The Morgan fingerprint density at radius 2 is 1.54 bits per heavy atom. The van der Waals surface area contributed by atoms with Crippen molar-refractivity contribution in [1.29, 1.82) is 0 Å². The minimum atomic E-state index is -4.26. The fourth-order valence-electron chi connectivity index (χ4n) is 3.64. The van der Waals surface area contributed by atoms with Gasteiger partial charge in [-0.2, -0.15) is 0 Å². The highest BCUT2D eigenvalue weighted by Gasteiger charge is 2.33. The molecule has 7 nitrogen and oxygen atoms in total. The molecule has 3 aromatic rings. The lowest BCUT2D eigenvalue weighted by molar-refractivity contribution is -0.139. The number of anilines is 1. The molecule has 0 radical (unpaired) electrons. The van der Waals surface area contributed by atoms with Gasteiger partial charge in [-0.05, 0) is 49.7 Å². The fraction of sp³-hybridized carbons (Fsp3) is 0.231. The van der Waals surface area contributed by atoms with E-state index in [1.54, 1.807) is 49.4 Å². The summed E-state index contributed by atoms with van der Waals surface area (Å²) in [5.74, 6) is -1.06. The first-order valence-corrected chi connectivity index (χ1v) is 13.8. The monoisotopic (exact) mass is 581 g/mol. The van der Waals surface area contributed by atoms with E-state index in [2.05, 4.69) is 5.32 Å². The van der Waals surface area contributed by atoms with Crippen LogP contribution < -0.4 is 9.62 Å². The van der Waals surface area contributed by atoms with E-state index in [9.17, 15) is 18.0 Å². The van der Waals surface area contributed by atoms with E-state index < -0.39 is 34.4 Å². The third kappa shape index (κ3) is 6.57. The predicted molar refractivity (Wildman–Crippen MR) is 148 cm³/mol. The van der Waals surface area contributed by atoms with E-state index >= 15 is 0 Å². The number of halogens is 3. The van der Waals surface area contributed by atoms with Crippen LogP contribution in [0, 0.1) is 6.92 Å². The van der Waals surface area contributed by atoms with Crippen molar-refractivity contribution in [1.82, 2.24) is 10.2 Å². The minimum Gasteiger partial charge on any atom is -0.357 e. The molecule has 0 spiro atoms. The van der Waals surface area contributed by atoms with Crippen molar-refractivity contribution in [3.05, 3.63) is 92.9 Å². The molecule has 1 N–H and O–H groups in total. The number of hydrogen-bond donors (Lipinski definition) is 1. The van der Waals surface area contributed by atoms with Crippen LogP contribution in [0.15, 0.2) is 71.6 Å². The van der Waals surface area contributed by atoms with E-state index in [4.69, 9.17) is 34.8 Å². The highest BCUT2D eigenvalue weighted by Crippen LogP contribution is 2.35. The maximum absolute atomic E-state index is 13.8. The molecule has 2 amide bonds. The van der Waals surface area contributed by atoms with Crippen molar-refractivity contribution in [2.24, 2.45) is 0 Å². The molecule has 0 unspecified atom stereocenters. The molecule has 0 heterocycles. The van der Waals surface area contributed by atoms with Gasteiger partial charge < -0.3 is 10.2 Å². The molecular weight excluding hydrogens is 557 g/mol. The summed E-state index contributed by atoms with van der Waals surface area (Å²) in [5.41, 5.74) is 1.50. The molecule has 11 heteroatoms. The van der Waals surface area contributed by atoms with Gasteiger partial charge in [-0.1, -0.05) is 76.8 Å². The molecule has 0 aliphatic carbocycles. The number of aryl methyl sites for hydroxylation is 1. The molecular formula is C26H26Cl3N3O4S. The van der Waals surface area contributed by atoms with Gasteiger partial charge in [-0.3, -0.25) is 13.9 Å². The van der Waals surface area contributed by atoms with E-state index in [1.807, 2.05) is 6.92 Å². The molecule has 0 aromatic heterocycles. The van der Waals surface area contributed by atoms with Crippen LogP contribution in [0.1, 0.15) is 18.1 Å². The average molecular weight is 583 g/mol. The minimum absolute atomic E-state index is 0.0191. The highest BCUT2D eigenvalue weighted by atomic mass is 35.5. The number of carbonyl (C=O) groups is 2. The molecule has 0 saturated carbocycles. The third-order valence-corrected chi connectivity index (χ3v) is 8.75. The molecule has 0 bridgehead atoms. The molecule has 0 aliphatic rings. The van der Waals surface area contributed by atoms with Crippen molar-refractivity contribution < 1.29 is 18.0 Å². The summed E-state index contributed by atoms with van der Waals surface area (Å²) in [6, 6.07) is 16.7. The number of rotatable bonds is 9. The van der Waals surface area contributed by atoms with Gasteiger partial charge in [0.2, 0.25) is 11.8 Å². The average Bonchev–Trinajstić information content (AvgIpc) is 2.87. The van der Waals surface area contributed by atoms with Crippen LogP contribution in [-0.2, 0) is 26.2 Å². The maximum atomic E-state index is 13.8. The number of carbonyl (C=O) groups excluding carboxylic acids is 2. The lowest BCUT2D eigenvalue weighted by atomic mass is 10.1. The van der Waals surface area contributed by atoms with Gasteiger partial charge in [0.05, 0.1) is 20.6 Å². The normalized spacial score (nSPS) is 12.1. The summed E-state index contributed by atoms with van der Waals surface area (Å²) in [7, 11) is -2.80.